The molecule has 3 atom stereocenters. The van der Waals surface area contributed by atoms with Crippen molar-refractivity contribution in [3.05, 3.63) is 21.6 Å². The van der Waals surface area contributed by atoms with Crippen molar-refractivity contribution in [2.24, 2.45) is 23.7 Å². The fourth-order valence-electron chi connectivity index (χ4n) is 4.16. The number of nitrogens with zero attached hydrogens (tertiary/aromatic N) is 2. The van der Waals surface area contributed by atoms with Gasteiger partial charge in [0.25, 0.3) is 5.56 Å². The van der Waals surface area contributed by atoms with Crippen LogP contribution in [-0.4, -0.2) is 16.3 Å². The van der Waals surface area contributed by atoms with Crippen molar-refractivity contribution in [2.45, 2.75) is 45.1 Å². The van der Waals surface area contributed by atoms with Crippen LogP contribution in [0.25, 0.3) is 0 Å². The Morgan fingerprint density at radius 2 is 2.14 bits per heavy atom. The first-order valence-corrected chi connectivity index (χ1v) is 8.58. The van der Waals surface area contributed by atoms with Crippen LogP contribution in [0.2, 0.25) is 5.02 Å². The molecule has 3 saturated carbocycles. The fourth-order valence-corrected chi connectivity index (χ4v) is 4.35. The number of hydrogen-bond acceptors (Lipinski definition) is 3. The van der Waals surface area contributed by atoms with Gasteiger partial charge in [0.15, 0.2) is 0 Å². The van der Waals surface area contributed by atoms with Crippen molar-refractivity contribution in [1.82, 2.24) is 9.78 Å². The van der Waals surface area contributed by atoms with E-state index in [9.17, 15) is 4.79 Å². The minimum absolute atomic E-state index is 0.0578. The highest BCUT2D eigenvalue weighted by Gasteiger charge is 2.39. The van der Waals surface area contributed by atoms with Crippen molar-refractivity contribution in [2.75, 3.05) is 11.9 Å². The van der Waals surface area contributed by atoms with Gasteiger partial charge in [-0.15, -0.1) is 0 Å². The maximum absolute atomic E-state index is 12.5. The van der Waals surface area contributed by atoms with E-state index in [1.165, 1.54) is 38.5 Å². The highest BCUT2D eigenvalue weighted by Crippen LogP contribution is 2.48. The second kappa shape index (κ2) is 5.31. The van der Waals surface area contributed by atoms with Gasteiger partial charge in [0.2, 0.25) is 0 Å². The van der Waals surface area contributed by atoms with Gasteiger partial charge in [-0.05, 0) is 55.8 Å². The molecule has 5 heteroatoms. The second-order valence-corrected chi connectivity index (χ2v) is 7.52. The van der Waals surface area contributed by atoms with Gasteiger partial charge in [0.1, 0.15) is 5.69 Å². The van der Waals surface area contributed by atoms with E-state index >= 15 is 0 Å². The molecule has 3 fully saturated rings. The second-order valence-electron chi connectivity index (χ2n) is 7.11. The van der Waals surface area contributed by atoms with Crippen molar-refractivity contribution >= 4 is 17.3 Å². The Balaban J connectivity index is 1.47. The van der Waals surface area contributed by atoms with Crippen molar-refractivity contribution in [3.8, 4) is 0 Å². The normalized spacial score (nSPS) is 30.8. The summed E-state index contributed by atoms with van der Waals surface area (Å²) in [6.45, 7) is 1.61. The summed E-state index contributed by atoms with van der Waals surface area (Å²) in [5.74, 6) is 3.14. The molecule has 114 valence electrons. The van der Waals surface area contributed by atoms with E-state index in [2.05, 4.69) is 10.4 Å². The largest absolute Gasteiger partial charge is 0.379 e. The monoisotopic (exact) mass is 307 g/mol. The third-order valence-corrected chi connectivity index (χ3v) is 5.84. The molecule has 0 amide bonds. The number of rotatable bonds is 5. The van der Waals surface area contributed by atoms with Crippen LogP contribution in [0, 0.1) is 23.7 Å². The van der Waals surface area contributed by atoms with E-state index in [4.69, 9.17) is 11.6 Å². The fraction of sp³-hybridized carbons (Fsp3) is 0.750. The summed E-state index contributed by atoms with van der Waals surface area (Å²) in [5, 5.41) is 7.96. The van der Waals surface area contributed by atoms with Gasteiger partial charge in [-0.2, -0.15) is 5.10 Å². The SMILES string of the molecule is O=c1c(NCC2CC3CCC2C3)c(Cl)cnn1CC1CC1. The summed E-state index contributed by atoms with van der Waals surface area (Å²) in [7, 11) is 0. The first kappa shape index (κ1) is 13.6. The summed E-state index contributed by atoms with van der Waals surface area (Å²) in [5.41, 5.74) is 0.493. The maximum Gasteiger partial charge on any atom is 0.291 e. The molecular formula is C16H22ClN3O. The molecule has 3 aliphatic rings. The van der Waals surface area contributed by atoms with Gasteiger partial charge in [-0.1, -0.05) is 18.0 Å². The highest BCUT2D eigenvalue weighted by molar-refractivity contribution is 6.32. The minimum Gasteiger partial charge on any atom is -0.379 e. The van der Waals surface area contributed by atoms with Crippen LogP contribution < -0.4 is 10.9 Å². The summed E-state index contributed by atoms with van der Waals surface area (Å²) in [6.07, 6.45) is 9.51. The maximum atomic E-state index is 12.5. The summed E-state index contributed by atoms with van der Waals surface area (Å²) >= 11 is 6.18. The quantitative estimate of drug-likeness (QED) is 0.909. The van der Waals surface area contributed by atoms with E-state index in [1.807, 2.05) is 0 Å². The third kappa shape index (κ3) is 2.70. The molecule has 1 aromatic heterocycles. The number of nitrogens with one attached hydrogen (secondary N) is 1. The average molecular weight is 308 g/mol. The number of anilines is 1. The highest BCUT2D eigenvalue weighted by atomic mass is 35.5. The molecule has 0 aliphatic heterocycles. The van der Waals surface area contributed by atoms with Crippen LogP contribution in [0.4, 0.5) is 5.69 Å². The van der Waals surface area contributed by atoms with Crippen LogP contribution in [0.5, 0.6) is 0 Å². The lowest BCUT2D eigenvalue weighted by Gasteiger charge is -2.22. The number of hydrogen-bond donors (Lipinski definition) is 1. The number of fused-ring (bicyclic) bond motifs is 2. The molecule has 2 bridgehead atoms. The van der Waals surface area contributed by atoms with Crippen LogP contribution in [0.15, 0.2) is 11.0 Å². The van der Waals surface area contributed by atoms with Crippen molar-refractivity contribution in [1.29, 1.82) is 0 Å². The Morgan fingerprint density at radius 3 is 2.81 bits per heavy atom. The van der Waals surface area contributed by atoms with Crippen molar-refractivity contribution < 1.29 is 0 Å². The molecule has 4 nitrogen and oxygen atoms in total. The van der Waals surface area contributed by atoms with Crippen LogP contribution in [-0.2, 0) is 6.54 Å². The van der Waals surface area contributed by atoms with E-state index in [0.717, 1.165) is 24.9 Å². The molecule has 1 aromatic rings. The lowest BCUT2D eigenvalue weighted by Crippen LogP contribution is -2.29. The molecule has 3 unspecified atom stereocenters. The minimum atomic E-state index is -0.0578. The van der Waals surface area contributed by atoms with Crippen LogP contribution in [0.3, 0.4) is 0 Å². The van der Waals surface area contributed by atoms with E-state index in [0.29, 0.717) is 22.5 Å². The van der Waals surface area contributed by atoms with Crippen LogP contribution >= 0.6 is 11.6 Å². The summed E-state index contributed by atoms with van der Waals surface area (Å²) < 4.78 is 1.58. The van der Waals surface area contributed by atoms with E-state index in [-0.39, 0.29) is 5.56 Å². The van der Waals surface area contributed by atoms with Gasteiger partial charge in [-0.3, -0.25) is 4.79 Å². The Morgan fingerprint density at radius 1 is 1.29 bits per heavy atom. The van der Waals surface area contributed by atoms with Crippen molar-refractivity contribution in [3.63, 3.8) is 0 Å². The molecule has 1 heterocycles. The predicted octanol–water partition coefficient (Wildman–Crippen LogP) is 3.15. The summed E-state index contributed by atoms with van der Waals surface area (Å²) in [4.78, 5) is 12.5. The summed E-state index contributed by atoms with van der Waals surface area (Å²) in [6, 6.07) is 0. The zero-order valence-electron chi connectivity index (χ0n) is 12.2. The molecule has 0 aromatic carbocycles. The number of aromatic nitrogens is 2. The molecular weight excluding hydrogens is 286 g/mol. The Kier molecular flexibility index (Phi) is 3.44. The molecule has 3 aliphatic carbocycles. The lowest BCUT2D eigenvalue weighted by molar-refractivity contribution is 0.348. The van der Waals surface area contributed by atoms with Crippen LogP contribution in [0.1, 0.15) is 38.5 Å². The average Bonchev–Trinajstić information content (AvgIpc) is 3.04. The topological polar surface area (TPSA) is 46.9 Å². The van der Waals surface area contributed by atoms with Gasteiger partial charge in [0.05, 0.1) is 11.2 Å². The lowest BCUT2D eigenvalue weighted by atomic mass is 9.89. The standard InChI is InChI=1S/C16H22ClN3O/c17-14-8-19-20(9-10-1-2-10)16(21)15(14)18-7-13-6-11-3-4-12(13)5-11/h8,10-13,18H,1-7,9H2. The Hall–Kier alpha value is -1.03. The third-order valence-electron chi connectivity index (χ3n) is 5.55. The van der Waals surface area contributed by atoms with Gasteiger partial charge < -0.3 is 5.32 Å². The first-order valence-electron chi connectivity index (χ1n) is 8.20. The zero-order chi connectivity index (χ0) is 14.4. The molecule has 4 rings (SSSR count). The molecule has 0 radical (unpaired) electrons. The van der Waals surface area contributed by atoms with E-state index in [1.54, 1.807) is 10.9 Å². The molecule has 21 heavy (non-hydrogen) atoms. The smallest absolute Gasteiger partial charge is 0.291 e. The Labute approximate surface area is 129 Å². The number of halogens is 1. The van der Waals surface area contributed by atoms with Gasteiger partial charge in [-0.25, -0.2) is 4.68 Å². The first-order chi connectivity index (χ1) is 10.2. The predicted molar refractivity (Wildman–Crippen MR) is 83.7 cm³/mol. The molecule has 0 spiro atoms. The Bertz CT molecular complexity index is 596. The van der Waals surface area contributed by atoms with Gasteiger partial charge in [0, 0.05) is 13.1 Å². The van der Waals surface area contributed by atoms with E-state index < -0.39 is 0 Å². The van der Waals surface area contributed by atoms with Gasteiger partial charge >= 0.3 is 0 Å². The zero-order valence-corrected chi connectivity index (χ0v) is 13.0. The molecule has 1 N–H and O–H groups in total. The molecule has 0 saturated heterocycles.